The molecular weight excluding hydrogens is 284 g/mol. The van der Waals surface area contributed by atoms with Crippen molar-refractivity contribution in [2.75, 3.05) is 4.31 Å². The maximum absolute atomic E-state index is 11.7. The number of phenolic OH excluding ortho intramolecular Hbond substituents is 1. The molecule has 9 heteroatoms. The number of nitrogens with zero attached hydrogens (tertiary/aromatic N) is 2. The molecule has 8 nitrogen and oxygen atoms in total. The Kier molecular flexibility index (Phi) is 2.57. The molecule has 4 N–H and O–H groups in total. The van der Waals surface area contributed by atoms with E-state index in [4.69, 9.17) is 0 Å². The van der Waals surface area contributed by atoms with Crippen LogP contribution in [0.25, 0.3) is 11.1 Å². The van der Waals surface area contributed by atoms with E-state index in [1.165, 1.54) is 12.1 Å². The van der Waals surface area contributed by atoms with Gasteiger partial charge in [-0.15, -0.1) is 0 Å². The number of aliphatic hydroxyl groups is 1. The molecule has 20 heavy (non-hydrogen) atoms. The van der Waals surface area contributed by atoms with Crippen LogP contribution in [0.3, 0.4) is 0 Å². The summed E-state index contributed by atoms with van der Waals surface area (Å²) < 4.78 is 26.1. The monoisotopic (exact) mass is 294 g/mol. The van der Waals surface area contributed by atoms with E-state index >= 15 is 0 Å². The number of anilines is 1. The van der Waals surface area contributed by atoms with Crippen LogP contribution < -0.4 is 9.03 Å². The molecule has 0 saturated carbocycles. The van der Waals surface area contributed by atoms with Gasteiger partial charge in [0.2, 0.25) is 5.88 Å². The minimum Gasteiger partial charge on any atom is -0.506 e. The molecule has 1 aromatic carbocycles. The Morgan fingerprint density at radius 2 is 2.00 bits per heavy atom. The third-order valence-electron chi connectivity index (χ3n) is 2.78. The maximum atomic E-state index is 11.7. The molecule has 2 aromatic rings. The van der Waals surface area contributed by atoms with E-state index in [0.717, 1.165) is 16.1 Å². The second-order valence-corrected chi connectivity index (χ2v) is 5.66. The molecule has 3 rings (SSSR count). The summed E-state index contributed by atoms with van der Waals surface area (Å²) in [6.45, 7) is 0. The van der Waals surface area contributed by atoms with Crippen molar-refractivity contribution in [1.82, 2.24) is 14.9 Å². The molecule has 0 atom stereocenters. The van der Waals surface area contributed by atoms with Gasteiger partial charge in [0.05, 0.1) is 12.4 Å². The van der Waals surface area contributed by atoms with Gasteiger partial charge >= 0.3 is 10.2 Å². The van der Waals surface area contributed by atoms with Crippen LogP contribution in [0.1, 0.15) is 0 Å². The normalized spacial score (nSPS) is 16.8. The number of aliphatic hydroxyl groups excluding tert-OH is 1. The minimum absolute atomic E-state index is 0.0359. The van der Waals surface area contributed by atoms with Crippen molar-refractivity contribution in [1.29, 1.82) is 0 Å². The molecule has 0 radical (unpaired) electrons. The Balaban J connectivity index is 2.05. The number of aromatic nitrogens is 2. The highest BCUT2D eigenvalue weighted by molar-refractivity contribution is 7.91. The van der Waals surface area contributed by atoms with E-state index in [9.17, 15) is 18.6 Å². The van der Waals surface area contributed by atoms with Crippen LogP contribution in [0.2, 0.25) is 0 Å². The van der Waals surface area contributed by atoms with Crippen LogP contribution in [0.15, 0.2) is 42.7 Å². The summed E-state index contributed by atoms with van der Waals surface area (Å²) in [4.78, 5) is 0. The van der Waals surface area contributed by atoms with Crippen molar-refractivity contribution in [2.45, 2.75) is 0 Å². The van der Waals surface area contributed by atoms with E-state index < -0.39 is 16.1 Å². The van der Waals surface area contributed by atoms with Crippen molar-refractivity contribution in [3.63, 3.8) is 0 Å². The first-order valence-electron chi connectivity index (χ1n) is 5.52. The zero-order valence-corrected chi connectivity index (χ0v) is 10.8. The highest BCUT2D eigenvalue weighted by Gasteiger charge is 2.30. The second kappa shape index (κ2) is 4.17. The van der Waals surface area contributed by atoms with Gasteiger partial charge in [0.15, 0.2) is 0 Å². The first kappa shape index (κ1) is 12.4. The van der Waals surface area contributed by atoms with E-state index in [-0.39, 0.29) is 11.4 Å². The van der Waals surface area contributed by atoms with E-state index in [1.54, 1.807) is 18.5 Å². The molecule has 0 unspecified atom stereocenters. The molecule has 0 bridgehead atoms. The third-order valence-corrected chi connectivity index (χ3v) is 4.06. The molecule has 1 aromatic heterocycles. The number of phenols is 1. The lowest BCUT2D eigenvalue weighted by molar-refractivity contribution is 0.392. The van der Waals surface area contributed by atoms with Crippen LogP contribution in [0.5, 0.6) is 5.75 Å². The lowest BCUT2D eigenvalue weighted by Crippen LogP contribution is -2.29. The lowest BCUT2D eigenvalue weighted by atomic mass is 10.1. The smallest absolute Gasteiger partial charge is 0.330 e. The average Bonchev–Trinajstić information content (AvgIpc) is 2.97. The predicted molar refractivity (Wildman–Crippen MR) is 70.9 cm³/mol. The van der Waals surface area contributed by atoms with Gasteiger partial charge in [-0.3, -0.25) is 5.10 Å². The first-order chi connectivity index (χ1) is 9.47. The largest absolute Gasteiger partial charge is 0.506 e. The van der Waals surface area contributed by atoms with E-state index in [1.807, 2.05) is 4.72 Å². The Hall–Kier alpha value is -2.68. The van der Waals surface area contributed by atoms with Crippen LogP contribution in [0, 0.1) is 0 Å². The summed E-state index contributed by atoms with van der Waals surface area (Å²) in [6.07, 6.45) is 4.20. The Morgan fingerprint density at radius 1 is 1.20 bits per heavy atom. The van der Waals surface area contributed by atoms with Crippen molar-refractivity contribution in [2.24, 2.45) is 0 Å². The summed E-state index contributed by atoms with van der Waals surface area (Å²) in [7, 11) is -3.92. The molecule has 1 aliphatic rings. The molecule has 0 amide bonds. The number of aromatic amines is 1. The standard InChI is InChI=1S/C11H10N4O4S/c16-10-3-7(8-4-12-13-5-8)1-2-9(10)15-6-11(17)14-20(15,18)19/h1-6,14,16-17H,(H,12,13). The first-order valence-corrected chi connectivity index (χ1v) is 6.96. The minimum atomic E-state index is -3.92. The zero-order valence-electron chi connectivity index (χ0n) is 9.98. The van der Waals surface area contributed by atoms with E-state index in [2.05, 4.69) is 10.2 Å². The third kappa shape index (κ3) is 1.93. The van der Waals surface area contributed by atoms with Crippen molar-refractivity contribution in [3.8, 4) is 16.9 Å². The number of nitrogens with one attached hydrogen (secondary N) is 2. The fourth-order valence-electron chi connectivity index (χ4n) is 1.89. The molecule has 0 fully saturated rings. The van der Waals surface area contributed by atoms with Gasteiger partial charge in [0, 0.05) is 11.8 Å². The number of hydrogen-bond donors (Lipinski definition) is 4. The summed E-state index contributed by atoms with van der Waals surface area (Å²) in [5, 5.41) is 25.7. The highest BCUT2D eigenvalue weighted by atomic mass is 32.2. The molecular formula is C11H10N4O4S. The van der Waals surface area contributed by atoms with Gasteiger partial charge < -0.3 is 10.2 Å². The maximum Gasteiger partial charge on any atom is 0.330 e. The Bertz CT molecular complexity index is 783. The van der Waals surface area contributed by atoms with Crippen molar-refractivity contribution >= 4 is 15.9 Å². The molecule has 1 aliphatic heterocycles. The topological polar surface area (TPSA) is 119 Å². The summed E-state index contributed by atoms with van der Waals surface area (Å²) in [5.74, 6) is -0.747. The van der Waals surface area contributed by atoms with Gasteiger partial charge in [0.25, 0.3) is 0 Å². The molecule has 2 heterocycles. The summed E-state index contributed by atoms with van der Waals surface area (Å²) in [6, 6.07) is 4.49. The Labute approximate surface area is 114 Å². The predicted octanol–water partition coefficient (Wildman–Crippen LogP) is 0.794. The van der Waals surface area contributed by atoms with Crippen LogP contribution in [-0.2, 0) is 10.2 Å². The van der Waals surface area contributed by atoms with Gasteiger partial charge in [-0.05, 0) is 17.7 Å². The quantitative estimate of drug-likeness (QED) is 0.653. The zero-order chi connectivity index (χ0) is 14.3. The van der Waals surface area contributed by atoms with Gasteiger partial charge in [-0.25, -0.2) is 9.03 Å². The molecule has 0 saturated heterocycles. The van der Waals surface area contributed by atoms with Gasteiger partial charge in [-0.2, -0.15) is 13.5 Å². The molecule has 0 spiro atoms. The lowest BCUT2D eigenvalue weighted by Gasteiger charge is -2.15. The molecule has 104 valence electrons. The second-order valence-electron chi connectivity index (χ2n) is 4.11. The molecule has 0 aliphatic carbocycles. The number of rotatable bonds is 2. The van der Waals surface area contributed by atoms with Gasteiger partial charge in [0.1, 0.15) is 11.4 Å². The van der Waals surface area contributed by atoms with Crippen LogP contribution in [-0.4, -0.2) is 28.8 Å². The average molecular weight is 294 g/mol. The van der Waals surface area contributed by atoms with Crippen LogP contribution in [0.4, 0.5) is 5.69 Å². The van der Waals surface area contributed by atoms with Crippen molar-refractivity contribution in [3.05, 3.63) is 42.7 Å². The Morgan fingerprint density at radius 3 is 2.55 bits per heavy atom. The van der Waals surface area contributed by atoms with Gasteiger partial charge in [-0.1, -0.05) is 6.07 Å². The number of benzene rings is 1. The fraction of sp³-hybridized carbons (Fsp3) is 0. The fourth-order valence-corrected chi connectivity index (χ4v) is 2.95. The number of H-pyrrole nitrogens is 1. The highest BCUT2D eigenvalue weighted by Crippen LogP contribution is 2.34. The van der Waals surface area contributed by atoms with E-state index in [0.29, 0.717) is 5.56 Å². The summed E-state index contributed by atoms with van der Waals surface area (Å²) >= 11 is 0. The van der Waals surface area contributed by atoms with Crippen molar-refractivity contribution < 1.29 is 18.6 Å². The summed E-state index contributed by atoms with van der Waals surface area (Å²) in [5.41, 5.74) is 1.47. The SMILES string of the molecule is O=S1(=O)NC(O)=CN1c1ccc(-c2cn[nH]c2)cc1O. The number of hydrogen-bond acceptors (Lipinski definition) is 5. The van der Waals surface area contributed by atoms with Crippen LogP contribution >= 0.6 is 0 Å². The number of aromatic hydroxyl groups is 1.